The number of carboxylic acids is 1. The molecule has 0 aromatic rings. The van der Waals surface area contributed by atoms with Crippen molar-refractivity contribution in [2.24, 2.45) is 0 Å². The fraction of sp³-hybridized carbons (Fsp3) is 0.667. The lowest BCUT2D eigenvalue weighted by Gasteiger charge is -2.17. The number of methoxy groups -OCH3 is 1. The summed E-state index contributed by atoms with van der Waals surface area (Å²) in [6.45, 7) is 1.47. The van der Waals surface area contributed by atoms with E-state index in [2.05, 4.69) is 4.74 Å². The average molecular weight is 177 g/mol. The Kier molecular flexibility index (Phi) is 4.06. The van der Waals surface area contributed by atoms with E-state index in [1.165, 1.54) is 14.0 Å². The molecule has 0 aliphatic rings. The van der Waals surface area contributed by atoms with Crippen molar-refractivity contribution in [3.8, 4) is 0 Å². The van der Waals surface area contributed by atoms with E-state index in [1.54, 1.807) is 0 Å². The number of amides is 1. The maximum absolute atomic E-state index is 10.4. The van der Waals surface area contributed by atoms with Gasteiger partial charge in [0, 0.05) is 7.11 Å². The number of ether oxygens (including phenoxy) is 1. The fourth-order valence-electron chi connectivity index (χ4n) is 0.649. The summed E-state index contributed by atoms with van der Waals surface area (Å²) in [5, 5.41) is 18.6. The second kappa shape index (κ2) is 4.55. The number of carboxylic acid groups (broad SMARTS) is 2. The SMILES string of the molecule is COC(C)C(NC(=O)O)C(=O)O. The van der Waals surface area contributed by atoms with Gasteiger partial charge in [-0.15, -0.1) is 0 Å². The molecule has 3 N–H and O–H groups in total. The van der Waals surface area contributed by atoms with E-state index in [0.29, 0.717) is 0 Å². The summed E-state index contributed by atoms with van der Waals surface area (Å²) >= 11 is 0. The standard InChI is InChI=1S/C6H11NO5/c1-3(12-2)4(5(8)9)7-6(10)11/h3-4,7H,1-2H3,(H,8,9)(H,10,11). The third-order valence-electron chi connectivity index (χ3n) is 1.39. The molecule has 0 aliphatic heterocycles. The maximum atomic E-state index is 10.4. The fourth-order valence-corrected chi connectivity index (χ4v) is 0.649. The molecule has 70 valence electrons. The summed E-state index contributed by atoms with van der Waals surface area (Å²) in [6.07, 6.45) is -2.08. The van der Waals surface area contributed by atoms with Crippen LogP contribution in [-0.2, 0) is 9.53 Å². The first-order valence-electron chi connectivity index (χ1n) is 3.24. The molecule has 2 unspecified atom stereocenters. The van der Waals surface area contributed by atoms with Gasteiger partial charge in [-0.05, 0) is 6.92 Å². The molecule has 0 bridgehead atoms. The first-order chi connectivity index (χ1) is 5.49. The quantitative estimate of drug-likeness (QED) is 0.550. The van der Waals surface area contributed by atoms with Crippen molar-refractivity contribution >= 4 is 12.1 Å². The minimum atomic E-state index is -1.38. The lowest BCUT2D eigenvalue weighted by molar-refractivity contribution is -0.142. The predicted octanol–water partition coefficient (Wildman–Crippen LogP) is -0.258. The van der Waals surface area contributed by atoms with E-state index >= 15 is 0 Å². The van der Waals surface area contributed by atoms with Gasteiger partial charge < -0.3 is 20.3 Å². The summed E-state index contributed by atoms with van der Waals surface area (Å²) in [7, 11) is 1.31. The third kappa shape index (κ3) is 3.20. The van der Waals surface area contributed by atoms with E-state index < -0.39 is 24.2 Å². The van der Waals surface area contributed by atoms with Crippen LogP contribution in [0.5, 0.6) is 0 Å². The first kappa shape index (κ1) is 10.7. The molecule has 1 amide bonds. The zero-order chi connectivity index (χ0) is 9.72. The number of nitrogens with one attached hydrogen (secondary N) is 1. The molecule has 0 saturated heterocycles. The zero-order valence-corrected chi connectivity index (χ0v) is 6.77. The highest BCUT2D eigenvalue weighted by Gasteiger charge is 2.25. The molecule has 0 spiro atoms. The van der Waals surface area contributed by atoms with Gasteiger partial charge in [-0.1, -0.05) is 0 Å². The minimum Gasteiger partial charge on any atom is -0.480 e. The van der Waals surface area contributed by atoms with Crippen molar-refractivity contribution in [3.05, 3.63) is 0 Å². The Bertz CT molecular complexity index is 181. The molecule has 0 heterocycles. The smallest absolute Gasteiger partial charge is 0.405 e. The lowest BCUT2D eigenvalue weighted by Crippen LogP contribution is -2.47. The van der Waals surface area contributed by atoms with Gasteiger partial charge in [0.25, 0.3) is 0 Å². The van der Waals surface area contributed by atoms with Crippen molar-refractivity contribution in [2.45, 2.75) is 19.1 Å². The Balaban J connectivity index is 4.22. The predicted molar refractivity (Wildman–Crippen MR) is 39.1 cm³/mol. The van der Waals surface area contributed by atoms with Crippen molar-refractivity contribution in [1.29, 1.82) is 0 Å². The summed E-state index contributed by atoms with van der Waals surface area (Å²) < 4.78 is 4.67. The van der Waals surface area contributed by atoms with Crippen LogP contribution in [0.25, 0.3) is 0 Å². The number of hydrogen-bond donors (Lipinski definition) is 3. The van der Waals surface area contributed by atoms with Crippen LogP contribution in [0.15, 0.2) is 0 Å². The molecule has 2 atom stereocenters. The summed E-state index contributed by atoms with van der Waals surface area (Å²) in [6, 6.07) is -1.23. The van der Waals surface area contributed by atoms with E-state index in [9.17, 15) is 9.59 Å². The minimum absolute atomic E-state index is 0.696. The summed E-state index contributed by atoms with van der Waals surface area (Å²) in [5.74, 6) is -1.26. The average Bonchev–Trinajstić information content (AvgIpc) is 1.98. The Morgan fingerprint density at radius 3 is 2.17 bits per heavy atom. The second-order valence-electron chi connectivity index (χ2n) is 2.21. The van der Waals surface area contributed by atoms with Crippen LogP contribution in [0.3, 0.4) is 0 Å². The number of rotatable bonds is 4. The molecule has 0 radical (unpaired) electrons. The largest absolute Gasteiger partial charge is 0.480 e. The lowest BCUT2D eigenvalue weighted by atomic mass is 10.2. The molecule has 12 heavy (non-hydrogen) atoms. The molecule has 6 nitrogen and oxygen atoms in total. The topological polar surface area (TPSA) is 95.9 Å². The number of aliphatic carboxylic acids is 1. The van der Waals surface area contributed by atoms with Gasteiger partial charge in [-0.3, -0.25) is 0 Å². The van der Waals surface area contributed by atoms with E-state index in [1.807, 2.05) is 5.32 Å². The molecular formula is C6H11NO5. The van der Waals surface area contributed by atoms with Crippen LogP contribution in [0.1, 0.15) is 6.92 Å². The Hall–Kier alpha value is -1.30. The van der Waals surface area contributed by atoms with Crippen LogP contribution in [0.4, 0.5) is 4.79 Å². The molecule has 0 saturated carbocycles. The molecule has 0 rings (SSSR count). The number of hydrogen-bond acceptors (Lipinski definition) is 3. The molecule has 0 aliphatic carbocycles. The normalized spacial score (nSPS) is 14.8. The van der Waals surface area contributed by atoms with Gasteiger partial charge in [0.15, 0.2) is 6.04 Å². The zero-order valence-electron chi connectivity index (χ0n) is 6.77. The molecule has 0 fully saturated rings. The first-order valence-corrected chi connectivity index (χ1v) is 3.24. The highest BCUT2D eigenvalue weighted by Crippen LogP contribution is 1.97. The molecular weight excluding hydrogens is 166 g/mol. The van der Waals surface area contributed by atoms with E-state index in [-0.39, 0.29) is 0 Å². The Morgan fingerprint density at radius 1 is 1.42 bits per heavy atom. The van der Waals surface area contributed by atoms with Gasteiger partial charge in [0.2, 0.25) is 0 Å². The Morgan fingerprint density at radius 2 is 1.92 bits per heavy atom. The van der Waals surface area contributed by atoms with Crippen LogP contribution >= 0.6 is 0 Å². The Labute approximate surface area is 69.1 Å². The van der Waals surface area contributed by atoms with Gasteiger partial charge in [-0.25, -0.2) is 9.59 Å². The van der Waals surface area contributed by atoms with E-state index in [0.717, 1.165) is 0 Å². The molecule has 6 heteroatoms. The molecule has 0 aromatic heterocycles. The highest BCUT2D eigenvalue weighted by atomic mass is 16.5. The van der Waals surface area contributed by atoms with Crippen LogP contribution in [0.2, 0.25) is 0 Å². The van der Waals surface area contributed by atoms with Crippen LogP contribution in [-0.4, -0.2) is 41.5 Å². The van der Waals surface area contributed by atoms with Crippen LogP contribution in [0, 0.1) is 0 Å². The monoisotopic (exact) mass is 177 g/mol. The van der Waals surface area contributed by atoms with Crippen molar-refractivity contribution in [1.82, 2.24) is 5.32 Å². The second-order valence-corrected chi connectivity index (χ2v) is 2.21. The third-order valence-corrected chi connectivity index (χ3v) is 1.39. The van der Waals surface area contributed by atoms with Gasteiger partial charge in [0.05, 0.1) is 6.10 Å². The van der Waals surface area contributed by atoms with Crippen molar-refractivity contribution < 1.29 is 24.5 Å². The van der Waals surface area contributed by atoms with Gasteiger partial charge >= 0.3 is 12.1 Å². The maximum Gasteiger partial charge on any atom is 0.405 e. The highest BCUT2D eigenvalue weighted by molar-refractivity contribution is 5.79. The van der Waals surface area contributed by atoms with E-state index in [4.69, 9.17) is 10.2 Å². The van der Waals surface area contributed by atoms with Gasteiger partial charge in [-0.2, -0.15) is 0 Å². The molecule has 0 aromatic carbocycles. The van der Waals surface area contributed by atoms with Crippen molar-refractivity contribution in [2.75, 3.05) is 7.11 Å². The van der Waals surface area contributed by atoms with Crippen molar-refractivity contribution in [3.63, 3.8) is 0 Å². The summed E-state index contributed by atoms with van der Waals surface area (Å²) in [5.41, 5.74) is 0. The summed E-state index contributed by atoms with van der Waals surface area (Å²) in [4.78, 5) is 20.5. The van der Waals surface area contributed by atoms with Crippen LogP contribution < -0.4 is 5.32 Å². The van der Waals surface area contributed by atoms with Gasteiger partial charge in [0.1, 0.15) is 0 Å². The number of carbonyl (C=O) groups is 2.